The third-order valence-corrected chi connectivity index (χ3v) is 9.79. The fraction of sp³-hybridized carbons (Fsp3) is 0.492. The van der Waals surface area contributed by atoms with E-state index in [2.05, 4.69) is 142 Å². The summed E-state index contributed by atoms with van der Waals surface area (Å²) in [5.41, 5.74) is 0. The molecule has 6 heteroatoms. The molecule has 0 radical (unpaired) electrons. The summed E-state index contributed by atoms with van der Waals surface area (Å²) >= 11 is 0. The van der Waals surface area contributed by atoms with Crippen molar-refractivity contribution in [3.8, 4) is 0 Å². The Kier molecular flexibility index (Phi) is 49.2. The van der Waals surface area contributed by atoms with Gasteiger partial charge in [-0.05, 0) is 116 Å². The van der Waals surface area contributed by atoms with Gasteiger partial charge in [0, 0.05) is 19.3 Å². The van der Waals surface area contributed by atoms with Crippen molar-refractivity contribution in [3.63, 3.8) is 0 Å². The molecule has 0 aromatic heterocycles. The molecule has 0 spiro atoms. The molecular formula is C61H90O6. The molecule has 1 unspecified atom stereocenters. The molecule has 0 heterocycles. The van der Waals surface area contributed by atoms with Crippen LogP contribution in [0.25, 0.3) is 0 Å². The maximum atomic E-state index is 12.8. The van der Waals surface area contributed by atoms with Gasteiger partial charge in [0.2, 0.25) is 0 Å². The van der Waals surface area contributed by atoms with Crippen LogP contribution in [0.15, 0.2) is 170 Å². The maximum Gasteiger partial charge on any atom is 0.306 e. The van der Waals surface area contributed by atoms with Gasteiger partial charge < -0.3 is 14.2 Å². The number of rotatable bonds is 43. The minimum absolute atomic E-state index is 0.153. The number of hydrogen-bond donors (Lipinski definition) is 0. The topological polar surface area (TPSA) is 78.9 Å². The van der Waals surface area contributed by atoms with E-state index in [1.807, 2.05) is 48.6 Å². The highest BCUT2D eigenvalue weighted by molar-refractivity contribution is 5.71. The van der Waals surface area contributed by atoms with Gasteiger partial charge in [-0.15, -0.1) is 0 Å². The first-order chi connectivity index (χ1) is 33.0. The Bertz CT molecular complexity index is 1620. The molecule has 370 valence electrons. The van der Waals surface area contributed by atoms with Gasteiger partial charge in [-0.2, -0.15) is 0 Å². The summed E-state index contributed by atoms with van der Waals surface area (Å²) in [6, 6.07) is 0. The van der Waals surface area contributed by atoms with Crippen molar-refractivity contribution in [2.24, 2.45) is 0 Å². The zero-order chi connectivity index (χ0) is 48.6. The SMILES string of the molecule is CC/C=C/C=C/C=C/C=C/CCCCCC(=O)OCC(COC(=O)CC/C=C/C/C=C/C/C=C/C/C=C/C/C=C/C/C=C/CC)OC(=O)CCC/C=C/C/C=C/C/C=C/C/C=C/CCCCC. The van der Waals surface area contributed by atoms with E-state index < -0.39 is 18.0 Å². The molecule has 0 fully saturated rings. The van der Waals surface area contributed by atoms with Crippen LogP contribution < -0.4 is 0 Å². The average molecular weight is 919 g/mol. The lowest BCUT2D eigenvalue weighted by molar-refractivity contribution is -0.166. The number of hydrogen-bond acceptors (Lipinski definition) is 6. The Hall–Kier alpha value is -5.23. The average Bonchev–Trinajstić information content (AvgIpc) is 3.33. The lowest BCUT2D eigenvalue weighted by Gasteiger charge is -2.18. The van der Waals surface area contributed by atoms with E-state index >= 15 is 0 Å². The first-order valence-electron chi connectivity index (χ1n) is 25.7. The number of ether oxygens (including phenoxy) is 3. The zero-order valence-electron chi connectivity index (χ0n) is 42.1. The number of esters is 3. The Labute approximate surface area is 409 Å². The summed E-state index contributed by atoms with van der Waals surface area (Å²) in [4.78, 5) is 37.9. The number of carbonyl (C=O) groups is 3. The molecule has 0 aliphatic heterocycles. The van der Waals surface area contributed by atoms with E-state index in [-0.39, 0.29) is 38.4 Å². The number of carbonyl (C=O) groups excluding carboxylic acids is 3. The van der Waals surface area contributed by atoms with Gasteiger partial charge in [-0.3, -0.25) is 14.4 Å². The van der Waals surface area contributed by atoms with Gasteiger partial charge in [-0.25, -0.2) is 0 Å². The van der Waals surface area contributed by atoms with Crippen LogP contribution >= 0.6 is 0 Å². The van der Waals surface area contributed by atoms with Crippen molar-refractivity contribution in [1.82, 2.24) is 0 Å². The van der Waals surface area contributed by atoms with E-state index in [4.69, 9.17) is 14.2 Å². The third-order valence-electron chi connectivity index (χ3n) is 9.79. The van der Waals surface area contributed by atoms with Crippen LogP contribution in [0.4, 0.5) is 0 Å². The second-order valence-electron chi connectivity index (χ2n) is 16.0. The van der Waals surface area contributed by atoms with Crippen LogP contribution in [0.5, 0.6) is 0 Å². The summed E-state index contributed by atoms with van der Waals surface area (Å²) in [7, 11) is 0. The Morgan fingerprint density at radius 2 is 0.701 bits per heavy atom. The fourth-order valence-electron chi connectivity index (χ4n) is 6.00. The molecular weight excluding hydrogens is 829 g/mol. The molecule has 0 aromatic carbocycles. The summed E-state index contributed by atoms with van der Waals surface area (Å²) in [6.07, 6.45) is 79.3. The monoisotopic (exact) mass is 919 g/mol. The standard InChI is InChI=1S/C61H90O6/c1-4-7-10-13-16-19-22-25-27-29-30-32-33-36-39-42-45-48-51-54-60(63)66-57-58(56-65-59(62)53-50-47-44-41-38-35-24-21-18-15-12-9-6-3)67-61(64)55-52-49-46-43-40-37-34-31-28-26-23-20-17-14-11-8-5-2/h7,9-10,12,15-21,24-28,30,32,34-39,43,45-46,48,58H,4-6,8,11,13-14,22-23,29,31,33,40-42,44,47,49-57H2,1-3H3/b10-7+,12-9+,18-15+,19-16+,20-17+,24-21+,27-25+,28-26+,32-30+,37-34+,38-35+,39-36+,46-43+,48-45+. The fourth-order valence-corrected chi connectivity index (χ4v) is 6.00. The molecule has 0 aliphatic rings. The maximum absolute atomic E-state index is 12.8. The van der Waals surface area contributed by atoms with Crippen molar-refractivity contribution in [2.75, 3.05) is 13.2 Å². The first kappa shape index (κ1) is 61.8. The minimum atomic E-state index is -0.862. The van der Waals surface area contributed by atoms with E-state index in [0.717, 1.165) is 89.9 Å². The van der Waals surface area contributed by atoms with Gasteiger partial charge in [-0.1, -0.05) is 210 Å². The Morgan fingerprint density at radius 1 is 0.328 bits per heavy atom. The van der Waals surface area contributed by atoms with Crippen molar-refractivity contribution >= 4 is 17.9 Å². The zero-order valence-corrected chi connectivity index (χ0v) is 42.1. The van der Waals surface area contributed by atoms with E-state index in [9.17, 15) is 14.4 Å². The van der Waals surface area contributed by atoms with E-state index in [1.165, 1.54) is 25.7 Å². The van der Waals surface area contributed by atoms with Gasteiger partial charge in [0.05, 0.1) is 0 Å². The van der Waals surface area contributed by atoms with Crippen LogP contribution in [0.3, 0.4) is 0 Å². The minimum Gasteiger partial charge on any atom is -0.462 e. The van der Waals surface area contributed by atoms with Gasteiger partial charge in [0.15, 0.2) is 6.10 Å². The van der Waals surface area contributed by atoms with Gasteiger partial charge in [0.1, 0.15) is 13.2 Å². The van der Waals surface area contributed by atoms with Crippen LogP contribution in [0, 0.1) is 0 Å². The lowest BCUT2D eigenvalue weighted by Crippen LogP contribution is -2.30. The molecule has 0 saturated heterocycles. The summed E-state index contributed by atoms with van der Waals surface area (Å²) in [5, 5.41) is 0. The predicted octanol–water partition coefficient (Wildman–Crippen LogP) is 17.2. The predicted molar refractivity (Wildman–Crippen MR) is 288 cm³/mol. The quantitative estimate of drug-likeness (QED) is 0.0199. The number of unbranched alkanes of at least 4 members (excludes halogenated alkanes) is 7. The molecule has 67 heavy (non-hydrogen) atoms. The Balaban J connectivity index is 4.69. The van der Waals surface area contributed by atoms with Gasteiger partial charge >= 0.3 is 17.9 Å². The molecule has 0 bridgehead atoms. The Morgan fingerprint density at radius 3 is 1.19 bits per heavy atom. The lowest BCUT2D eigenvalue weighted by atomic mass is 10.1. The molecule has 0 amide bonds. The van der Waals surface area contributed by atoms with Crippen LogP contribution in [-0.4, -0.2) is 37.2 Å². The van der Waals surface area contributed by atoms with Crippen LogP contribution in [0.1, 0.15) is 175 Å². The molecule has 6 nitrogen and oxygen atoms in total. The second-order valence-corrected chi connectivity index (χ2v) is 16.0. The van der Waals surface area contributed by atoms with E-state index in [0.29, 0.717) is 19.3 Å². The molecule has 1 atom stereocenters. The van der Waals surface area contributed by atoms with Crippen molar-refractivity contribution in [2.45, 2.75) is 181 Å². The normalized spacial score (nSPS) is 13.5. The molecule has 0 N–H and O–H groups in total. The summed E-state index contributed by atoms with van der Waals surface area (Å²) in [6.45, 7) is 6.17. The van der Waals surface area contributed by atoms with E-state index in [1.54, 1.807) is 0 Å². The van der Waals surface area contributed by atoms with Crippen LogP contribution in [0.2, 0.25) is 0 Å². The summed E-state index contributed by atoms with van der Waals surface area (Å²) in [5.74, 6) is -1.15. The molecule has 0 aromatic rings. The van der Waals surface area contributed by atoms with Crippen LogP contribution in [-0.2, 0) is 28.6 Å². The highest BCUT2D eigenvalue weighted by Gasteiger charge is 2.19. The highest BCUT2D eigenvalue weighted by Crippen LogP contribution is 2.09. The second kappa shape index (κ2) is 53.4. The smallest absolute Gasteiger partial charge is 0.306 e. The van der Waals surface area contributed by atoms with Gasteiger partial charge in [0.25, 0.3) is 0 Å². The molecule has 0 aliphatic carbocycles. The molecule has 0 saturated carbocycles. The van der Waals surface area contributed by atoms with Crippen molar-refractivity contribution < 1.29 is 28.6 Å². The number of allylic oxidation sites excluding steroid dienone is 28. The largest absolute Gasteiger partial charge is 0.462 e. The third kappa shape index (κ3) is 51.6. The molecule has 0 rings (SSSR count). The van der Waals surface area contributed by atoms with Crippen molar-refractivity contribution in [1.29, 1.82) is 0 Å². The first-order valence-corrected chi connectivity index (χ1v) is 25.7. The summed E-state index contributed by atoms with van der Waals surface area (Å²) < 4.78 is 16.6. The highest BCUT2D eigenvalue weighted by atomic mass is 16.6. The van der Waals surface area contributed by atoms with Crippen molar-refractivity contribution in [3.05, 3.63) is 170 Å².